The van der Waals surface area contributed by atoms with Crippen LogP contribution in [0.25, 0.3) is 0 Å². The number of ether oxygens (including phenoxy) is 2. The van der Waals surface area contributed by atoms with Gasteiger partial charge >= 0.3 is 7.12 Å². The minimum atomic E-state index is -1.51. The molecule has 0 unspecified atom stereocenters. The van der Waals surface area contributed by atoms with Gasteiger partial charge in [0.2, 0.25) is 0 Å². The summed E-state index contributed by atoms with van der Waals surface area (Å²) in [6.45, 7) is 0. The molecule has 2 N–H and O–H groups in total. The maximum Gasteiger partial charge on any atom is 0.488 e. The monoisotopic (exact) mass is 196 g/mol. The summed E-state index contributed by atoms with van der Waals surface area (Å²) in [5.41, 5.74) is 1.01. The fourth-order valence-electron chi connectivity index (χ4n) is 1.31. The van der Waals surface area contributed by atoms with E-state index in [0.717, 1.165) is 0 Å². The molecule has 0 aliphatic heterocycles. The second-order valence-electron chi connectivity index (χ2n) is 2.81. The van der Waals surface area contributed by atoms with E-state index < -0.39 is 13.4 Å². The molecule has 0 radical (unpaired) electrons. The van der Waals surface area contributed by atoms with E-state index in [1.54, 1.807) is 24.3 Å². The largest absolute Gasteiger partial charge is 0.488 e. The van der Waals surface area contributed by atoms with Crippen LogP contribution in [0.4, 0.5) is 0 Å². The Morgan fingerprint density at radius 3 is 2.21 bits per heavy atom. The zero-order chi connectivity index (χ0) is 10.6. The third-order valence-electron chi connectivity index (χ3n) is 1.96. The van der Waals surface area contributed by atoms with Crippen molar-refractivity contribution < 1.29 is 19.5 Å². The average Bonchev–Trinajstić information content (AvgIpc) is 2.20. The summed E-state index contributed by atoms with van der Waals surface area (Å²) in [7, 11) is 1.47. The van der Waals surface area contributed by atoms with Crippen molar-refractivity contribution in [3.63, 3.8) is 0 Å². The zero-order valence-corrected chi connectivity index (χ0v) is 8.18. The summed E-state index contributed by atoms with van der Waals surface area (Å²) < 4.78 is 10.1. The van der Waals surface area contributed by atoms with Crippen molar-refractivity contribution in [1.29, 1.82) is 0 Å². The van der Waals surface area contributed by atoms with Crippen molar-refractivity contribution in [2.24, 2.45) is 0 Å². The molecular formula is C9H13BO4. The van der Waals surface area contributed by atoms with Gasteiger partial charge in [-0.15, -0.1) is 0 Å². The van der Waals surface area contributed by atoms with E-state index in [9.17, 15) is 0 Å². The number of hydrogen-bond acceptors (Lipinski definition) is 4. The van der Waals surface area contributed by atoms with Gasteiger partial charge in [0.05, 0.1) is 0 Å². The fourth-order valence-corrected chi connectivity index (χ4v) is 1.31. The fraction of sp³-hybridized carbons (Fsp3) is 0.333. The van der Waals surface area contributed by atoms with Gasteiger partial charge in [-0.1, -0.05) is 24.3 Å². The molecule has 1 rings (SSSR count). The molecule has 0 saturated heterocycles. The lowest BCUT2D eigenvalue weighted by molar-refractivity contribution is -0.105. The first-order valence-corrected chi connectivity index (χ1v) is 4.21. The van der Waals surface area contributed by atoms with Crippen LogP contribution in [0.3, 0.4) is 0 Å². The molecule has 0 amide bonds. The first kappa shape index (κ1) is 11.2. The number of methoxy groups -OCH3 is 2. The smallest absolute Gasteiger partial charge is 0.423 e. The second-order valence-corrected chi connectivity index (χ2v) is 2.81. The van der Waals surface area contributed by atoms with E-state index in [4.69, 9.17) is 19.5 Å². The molecule has 0 aliphatic rings. The minimum absolute atomic E-state index is 0.390. The molecular weight excluding hydrogens is 183 g/mol. The molecule has 0 fully saturated rings. The van der Waals surface area contributed by atoms with Crippen molar-refractivity contribution in [2.75, 3.05) is 14.2 Å². The molecule has 1 aromatic rings. The second kappa shape index (κ2) is 5.12. The summed E-state index contributed by atoms with van der Waals surface area (Å²) in [5.74, 6) is 0. The highest BCUT2D eigenvalue weighted by Crippen LogP contribution is 2.14. The maximum atomic E-state index is 9.09. The Labute approximate surface area is 83.2 Å². The van der Waals surface area contributed by atoms with Gasteiger partial charge < -0.3 is 19.5 Å². The first-order chi connectivity index (χ1) is 6.70. The van der Waals surface area contributed by atoms with Gasteiger partial charge in [-0.2, -0.15) is 0 Å². The van der Waals surface area contributed by atoms with Crippen LogP contribution >= 0.6 is 0 Å². The lowest BCUT2D eigenvalue weighted by atomic mass is 9.77. The molecule has 5 heteroatoms. The third kappa shape index (κ3) is 2.33. The quantitative estimate of drug-likeness (QED) is 0.510. The Morgan fingerprint density at radius 1 is 1.14 bits per heavy atom. The molecule has 0 atom stereocenters. The molecule has 0 spiro atoms. The van der Waals surface area contributed by atoms with Crippen LogP contribution in [0.1, 0.15) is 11.9 Å². The highest BCUT2D eigenvalue weighted by Gasteiger charge is 2.20. The van der Waals surface area contributed by atoms with Crippen molar-refractivity contribution in [1.82, 2.24) is 0 Å². The number of rotatable bonds is 4. The van der Waals surface area contributed by atoms with Crippen LogP contribution < -0.4 is 5.46 Å². The Morgan fingerprint density at radius 2 is 1.71 bits per heavy atom. The predicted octanol–water partition coefficient (Wildman–Crippen LogP) is -0.342. The molecule has 0 bridgehead atoms. The lowest BCUT2D eigenvalue weighted by Crippen LogP contribution is -2.34. The van der Waals surface area contributed by atoms with Gasteiger partial charge in [0.25, 0.3) is 0 Å². The maximum absolute atomic E-state index is 9.09. The van der Waals surface area contributed by atoms with Gasteiger partial charge in [-0.25, -0.2) is 0 Å². The highest BCUT2D eigenvalue weighted by atomic mass is 16.7. The van der Waals surface area contributed by atoms with E-state index in [0.29, 0.717) is 11.0 Å². The average molecular weight is 196 g/mol. The van der Waals surface area contributed by atoms with E-state index in [1.165, 1.54) is 14.2 Å². The Balaban J connectivity index is 3.05. The van der Waals surface area contributed by atoms with Crippen molar-refractivity contribution >= 4 is 12.6 Å². The standard InChI is InChI=1S/C9H13BO4/c1-13-9(14-2)7-5-3-4-6-8(7)10(11)12/h3-6,9,11-12H,1-2H3. The molecule has 1 aromatic carbocycles. The summed E-state index contributed by atoms with van der Waals surface area (Å²) in [5, 5.41) is 18.2. The topological polar surface area (TPSA) is 58.9 Å². The lowest BCUT2D eigenvalue weighted by Gasteiger charge is -2.17. The van der Waals surface area contributed by atoms with E-state index in [-0.39, 0.29) is 0 Å². The van der Waals surface area contributed by atoms with Crippen LogP contribution in [0, 0.1) is 0 Å². The van der Waals surface area contributed by atoms with E-state index >= 15 is 0 Å². The van der Waals surface area contributed by atoms with Gasteiger partial charge in [0.15, 0.2) is 6.29 Å². The van der Waals surface area contributed by atoms with Crippen molar-refractivity contribution in [2.45, 2.75) is 6.29 Å². The SMILES string of the molecule is COC(OC)c1ccccc1B(O)O. The van der Waals surface area contributed by atoms with E-state index in [2.05, 4.69) is 0 Å². The van der Waals surface area contributed by atoms with Gasteiger partial charge in [0.1, 0.15) is 0 Å². The number of hydrogen-bond donors (Lipinski definition) is 2. The molecule has 0 saturated carbocycles. The van der Waals surface area contributed by atoms with E-state index in [1.807, 2.05) is 0 Å². The summed E-state index contributed by atoms with van der Waals surface area (Å²) in [6, 6.07) is 6.85. The predicted molar refractivity (Wildman–Crippen MR) is 53.0 cm³/mol. The number of benzene rings is 1. The Bertz CT molecular complexity index is 286. The molecule has 0 heterocycles. The third-order valence-corrected chi connectivity index (χ3v) is 1.96. The van der Waals surface area contributed by atoms with Crippen molar-refractivity contribution in [3.8, 4) is 0 Å². The molecule has 76 valence electrons. The van der Waals surface area contributed by atoms with Crippen LogP contribution in [0.2, 0.25) is 0 Å². The Kier molecular flexibility index (Phi) is 4.09. The molecule has 0 aromatic heterocycles. The van der Waals surface area contributed by atoms with Crippen LogP contribution in [-0.2, 0) is 9.47 Å². The van der Waals surface area contributed by atoms with Gasteiger partial charge in [-0.05, 0) is 5.46 Å². The minimum Gasteiger partial charge on any atom is -0.423 e. The van der Waals surface area contributed by atoms with Crippen LogP contribution in [0.15, 0.2) is 24.3 Å². The molecule has 4 nitrogen and oxygen atoms in total. The highest BCUT2D eigenvalue weighted by molar-refractivity contribution is 6.59. The zero-order valence-electron chi connectivity index (χ0n) is 8.18. The van der Waals surface area contributed by atoms with Crippen molar-refractivity contribution in [3.05, 3.63) is 29.8 Å². The normalized spacial score (nSPS) is 10.6. The summed E-state index contributed by atoms with van der Waals surface area (Å²) in [4.78, 5) is 0. The van der Waals surface area contributed by atoms with Crippen LogP contribution in [-0.4, -0.2) is 31.4 Å². The van der Waals surface area contributed by atoms with Gasteiger partial charge in [-0.3, -0.25) is 0 Å². The first-order valence-electron chi connectivity index (χ1n) is 4.21. The molecule has 14 heavy (non-hydrogen) atoms. The summed E-state index contributed by atoms with van der Waals surface area (Å²) >= 11 is 0. The Hall–Kier alpha value is -0.875. The molecule has 0 aliphatic carbocycles. The van der Waals surface area contributed by atoms with Gasteiger partial charge in [0, 0.05) is 19.8 Å². The van der Waals surface area contributed by atoms with Crippen LogP contribution in [0.5, 0.6) is 0 Å². The summed E-state index contributed by atoms with van der Waals surface area (Å²) in [6.07, 6.45) is -0.576.